The van der Waals surface area contributed by atoms with Gasteiger partial charge >= 0.3 is 5.69 Å². The summed E-state index contributed by atoms with van der Waals surface area (Å²) in [6.07, 6.45) is 2.24. The smallest absolute Gasteiger partial charge is 0.321 e. The van der Waals surface area contributed by atoms with Crippen LogP contribution in [0.15, 0.2) is 9.79 Å². The van der Waals surface area contributed by atoms with Crippen LogP contribution in [0.3, 0.4) is 0 Å². The predicted molar refractivity (Wildman–Crippen MR) is 45.2 cm³/mol. The zero-order valence-corrected chi connectivity index (χ0v) is 6.74. The molecule has 1 unspecified atom stereocenters. The number of aromatic nitrogens is 3. The molecule has 6 heteroatoms. The topological polar surface area (TPSA) is 99.9 Å². The van der Waals surface area contributed by atoms with Crippen molar-refractivity contribution in [2.24, 2.45) is 10.7 Å². The molecule has 66 valence electrons. The molecule has 0 aliphatic heterocycles. The molecule has 12 heavy (non-hydrogen) atoms. The molecule has 1 aromatic rings. The molecule has 1 atom stereocenters. The first-order chi connectivity index (χ1) is 5.74. The van der Waals surface area contributed by atoms with Crippen LogP contribution in [0.5, 0.6) is 0 Å². The number of nitrogens with one attached hydrogen (secondary N) is 2. The van der Waals surface area contributed by atoms with Crippen LogP contribution < -0.4 is 11.4 Å². The van der Waals surface area contributed by atoms with Crippen molar-refractivity contribution < 1.29 is 0 Å². The minimum Gasteiger partial charge on any atom is -0.321 e. The van der Waals surface area contributed by atoms with Gasteiger partial charge in [0.25, 0.3) is 0 Å². The Kier molecular flexibility index (Phi) is 2.76. The Hall–Kier alpha value is -1.43. The number of hydrogen-bond acceptors (Lipinski definition) is 4. The second kappa shape index (κ2) is 3.82. The Labute approximate surface area is 68.9 Å². The predicted octanol–water partition coefficient (Wildman–Crippen LogP) is -0.811. The maximum Gasteiger partial charge on any atom is 0.340 e. The molecule has 0 bridgehead atoms. The first kappa shape index (κ1) is 8.66. The number of aromatic amines is 2. The third kappa shape index (κ3) is 2.03. The van der Waals surface area contributed by atoms with E-state index in [1.54, 1.807) is 13.3 Å². The van der Waals surface area contributed by atoms with E-state index in [1.807, 2.05) is 0 Å². The molecular weight excluding hydrogens is 158 g/mol. The number of nitrogens with two attached hydrogens (primary N) is 1. The molecule has 1 aromatic heterocycles. The quantitative estimate of drug-likeness (QED) is 0.516. The summed E-state index contributed by atoms with van der Waals surface area (Å²) in [4.78, 5) is 16.9. The normalized spacial score (nSPS) is 13.8. The van der Waals surface area contributed by atoms with Crippen molar-refractivity contribution in [1.82, 2.24) is 15.2 Å². The van der Waals surface area contributed by atoms with Gasteiger partial charge in [0, 0.05) is 19.7 Å². The second-order valence-electron chi connectivity index (χ2n) is 2.35. The highest BCUT2D eigenvalue weighted by Gasteiger charge is 2.07. The van der Waals surface area contributed by atoms with Gasteiger partial charge in [0.1, 0.15) is 5.82 Å². The molecule has 0 aliphatic carbocycles. The molecule has 0 saturated heterocycles. The van der Waals surface area contributed by atoms with Crippen molar-refractivity contribution in [3.05, 3.63) is 16.3 Å². The third-order valence-corrected chi connectivity index (χ3v) is 1.41. The van der Waals surface area contributed by atoms with E-state index in [4.69, 9.17) is 5.73 Å². The first-order valence-electron chi connectivity index (χ1n) is 3.55. The van der Waals surface area contributed by atoms with Crippen LogP contribution in [0, 0.1) is 0 Å². The lowest BCUT2D eigenvalue weighted by atomic mass is 10.2. The van der Waals surface area contributed by atoms with Crippen molar-refractivity contribution in [1.29, 1.82) is 0 Å². The Morgan fingerprint density at radius 1 is 1.83 bits per heavy atom. The van der Waals surface area contributed by atoms with E-state index in [1.165, 1.54) is 0 Å². The summed E-state index contributed by atoms with van der Waals surface area (Å²) in [7, 11) is 1.67. The standard InChI is InChI=1S/C6H11N5O/c1-8-3-2-4(7)5-9-6(12)11-10-5/h3-4H,2,7H2,1H3,(H2,9,10,11,12). The number of rotatable bonds is 3. The van der Waals surface area contributed by atoms with Gasteiger partial charge in [-0.25, -0.2) is 9.89 Å². The Balaban J connectivity index is 2.64. The van der Waals surface area contributed by atoms with E-state index >= 15 is 0 Å². The van der Waals surface area contributed by atoms with Crippen LogP contribution in [-0.4, -0.2) is 28.4 Å². The van der Waals surface area contributed by atoms with Crippen LogP contribution in [0.25, 0.3) is 0 Å². The molecule has 4 N–H and O–H groups in total. The van der Waals surface area contributed by atoms with E-state index in [0.717, 1.165) is 0 Å². The summed E-state index contributed by atoms with van der Waals surface area (Å²) in [6.45, 7) is 0. The van der Waals surface area contributed by atoms with Crippen LogP contribution >= 0.6 is 0 Å². The van der Waals surface area contributed by atoms with Crippen molar-refractivity contribution in [2.45, 2.75) is 12.5 Å². The lowest BCUT2D eigenvalue weighted by molar-refractivity contribution is 0.707. The summed E-state index contributed by atoms with van der Waals surface area (Å²) >= 11 is 0. The highest BCUT2D eigenvalue weighted by Crippen LogP contribution is 2.02. The molecule has 0 aliphatic rings. The number of aliphatic imine (C=N–C) groups is 1. The van der Waals surface area contributed by atoms with Crippen molar-refractivity contribution >= 4 is 6.21 Å². The first-order valence-corrected chi connectivity index (χ1v) is 3.55. The highest BCUT2D eigenvalue weighted by molar-refractivity contribution is 5.57. The molecule has 0 saturated carbocycles. The van der Waals surface area contributed by atoms with Crippen molar-refractivity contribution in [3.8, 4) is 0 Å². The van der Waals surface area contributed by atoms with Crippen LogP contribution in [0.2, 0.25) is 0 Å². The van der Waals surface area contributed by atoms with Gasteiger partial charge in [0.2, 0.25) is 0 Å². The molecule has 0 amide bonds. The fourth-order valence-corrected chi connectivity index (χ4v) is 0.789. The monoisotopic (exact) mass is 169 g/mol. The minimum atomic E-state index is -0.339. The average molecular weight is 169 g/mol. The van der Waals surface area contributed by atoms with Gasteiger partial charge in [-0.3, -0.25) is 4.98 Å². The van der Waals surface area contributed by atoms with Crippen LogP contribution in [0.4, 0.5) is 0 Å². The number of nitrogens with zero attached hydrogens (tertiary/aromatic N) is 2. The molecule has 1 rings (SSSR count). The molecule has 0 aromatic carbocycles. The Morgan fingerprint density at radius 2 is 2.58 bits per heavy atom. The third-order valence-electron chi connectivity index (χ3n) is 1.41. The maximum atomic E-state index is 10.6. The van der Waals surface area contributed by atoms with Crippen molar-refractivity contribution in [3.63, 3.8) is 0 Å². The van der Waals surface area contributed by atoms with Gasteiger partial charge in [0.05, 0.1) is 6.04 Å². The van der Waals surface area contributed by atoms with Gasteiger partial charge in [-0.1, -0.05) is 0 Å². The summed E-state index contributed by atoms with van der Waals surface area (Å²) in [6, 6.07) is -0.298. The lowest BCUT2D eigenvalue weighted by Crippen LogP contribution is -2.13. The fraction of sp³-hybridized carbons (Fsp3) is 0.500. The Bertz CT molecular complexity index is 312. The van der Waals surface area contributed by atoms with Crippen molar-refractivity contribution in [2.75, 3.05) is 7.05 Å². The molecule has 1 heterocycles. The summed E-state index contributed by atoms with van der Waals surface area (Å²) in [5, 5.41) is 5.93. The molecular formula is C6H11N5O. The number of H-pyrrole nitrogens is 2. The summed E-state index contributed by atoms with van der Waals surface area (Å²) < 4.78 is 0. The lowest BCUT2D eigenvalue weighted by Gasteiger charge is -2.01. The van der Waals surface area contributed by atoms with E-state index in [2.05, 4.69) is 20.2 Å². The number of hydrogen-bond donors (Lipinski definition) is 3. The largest absolute Gasteiger partial charge is 0.340 e. The highest BCUT2D eigenvalue weighted by atomic mass is 16.1. The van der Waals surface area contributed by atoms with E-state index < -0.39 is 0 Å². The van der Waals surface area contributed by atoms with E-state index in [0.29, 0.717) is 12.2 Å². The van der Waals surface area contributed by atoms with Gasteiger partial charge < -0.3 is 10.7 Å². The second-order valence-corrected chi connectivity index (χ2v) is 2.35. The Morgan fingerprint density at radius 3 is 3.08 bits per heavy atom. The molecule has 0 fully saturated rings. The average Bonchev–Trinajstić information content (AvgIpc) is 2.47. The van der Waals surface area contributed by atoms with Crippen LogP contribution in [0.1, 0.15) is 18.3 Å². The van der Waals surface area contributed by atoms with Gasteiger partial charge in [-0.05, 0) is 0 Å². The zero-order valence-electron chi connectivity index (χ0n) is 6.74. The summed E-state index contributed by atoms with van der Waals surface area (Å²) in [5.41, 5.74) is 5.31. The zero-order chi connectivity index (χ0) is 8.97. The van der Waals surface area contributed by atoms with Gasteiger partial charge in [0.15, 0.2) is 0 Å². The summed E-state index contributed by atoms with van der Waals surface area (Å²) in [5.74, 6) is 0.458. The van der Waals surface area contributed by atoms with E-state index in [-0.39, 0.29) is 11.7 Å². The fourth-order valence-electron chi connectivity index (χ4n) is 0.789. The van der Waals surface area contributed by atoms with Gasteiger partial charge in [-0.2, -0.15) is 5.10 Å². The van der Waals surface area contributed by atoms with Crippen LogP contribution in [-0.2, 0) is 0 Å². The molecule has 0 spiro atoms. The minimum absolute atomic E-state index is 0.298. The van der Waals surface area contributed by atoms with E-state index in [9.17, 15) is 4.79 Å². The van der Waals surface area contributed by atoms with Gasteiger partial charge in [-0.15, -0.1) is 0 Å². The molecule has 6 nitrogen and oxygen atoms in total. The molecule has 0 radical (unpaired) electrons. The maximum absolute atomic E-state index is 10.6. The SMILES string of the molecule is CN=CCC(N)c1n[nH]c(=O)[nH]1.